The summed E-state index contributed by atoms with van der Waals surface area (Å²) in [6.07, 6.45) is 4.61. The van der Waals surface area contributed by atoms with Crippen LogP contribution in [0.25, 0.3) is 0 Å². The molecule has 2 unspecified atom stereocenters. The largest absolute Gasteiger partial charge is 0.223 e. The van der Waals surface area contributed by atoms with Gasteiger partial charge in [-0.05, 0) is 37.0 Å². The summed E-state index contributed by atoms with van der Waals surface area (Å²) in [6.45, 7) is 2.03. The molecule has 1 aliphatic carbocycles. The van der Waals surface area contributed by atoms with Gasteiger partial charge in [0.25, 0.3) is 0 Å². The molecule has 0 bridgehead atoms. The maximum Gasteiger partial charge on any atom is 0.181 e. The molecule has 0 aromatic heterocycles. The van der Waals surface area contributed by atoms with Crippen LogP contribution in [0.5, 0.6) is 0 Å². The quantitative estimate of drug-likeness (QED) is 0.841. The molecule has 0 N–H and O–H groups in total. The first kappa shape index (κ1) is 13.5. The van der Waals surface area contributed by atoms with Gasteiger partial charge in [0, 0.05) is 0 Å². The van der Waals surface area contributed by atoms with Gasteiger partial charge in [0.1, 0.15) is 5.82 Å². The van der Waals surface area contributed by atoms with E-state index in [4.69, 9.17) is 0 Å². The first-order chi connectivity index (χ1) is 8.55. The van der Waals surface area contributed by atoms with Crippen molar-refractivity contribution in [3.63, 3.8) is 0 Å². The van der Waals surface area contributed by atoms with Crippen molar-refractivity contribution in [3.8, 4) is 0 Å². The molecule has 4 heteroatoms. The molecule has 0 heterocycles. The second-order valence-electron chi connectivity index (χ2n) is 4.99. The predicted octanol–water partition coefficient (Wildman–Crippen LogP) is 3.57. The molecule has 1 saturated carbocycles. The summed E-state index contributed by atoms with van der Waals surface area (Å²) >= 11 is 0. The van der Waals surface area contributed by atoms with Gasteiger partial charge in [-0.1, -0.05) is 32.3 Å². The van der Waals surface area contributed by atoms with Crippen molar-refractivity contribution in [3.05, 3.63) is 30.1 Å². The average Bonchev–Trinajstić information content (AvgIpc) is 2.38. The second-order valence-corrected chi connectivity index (χ2v) is 7.16. The van der Waals surface area contributed by atoms with E-state index in [1.807, 2.05) is 6.92 Å². The Morgan fingerprint density at radius 1 is 1.28 bits per heavy atom. The molecular weight excluding hydrogens is 251 g/mol. The van der Waals surface area contributed by atoms with Gasteiger partial charge in [-0.15, -0.1) is 0 Å². The molecule has 2 rings (SSSR count). The number of hydrogen-bond acceptors (Lipinski definition) is 2. The number of halogens is 1. The van der Waals surface area contributed by atoms with Crippen LogP contribution < -0.4 is 0 Å². The van der Waals surface area contributed by atoms with E-state index in [9.17, 15) is 12.8 Å². The summed E-state index contributed by atoms with van der Waals surface area (Å²) in [5.41, 5.74) is 0. The lowest BCUT2D eigenvalue weighted by molar-refractivity contribution is 0.347. The summed E-state index contributed by atoms with van der Waals surface area (Å²) < 4.78 is 38.3. The third-order valence-corrected chi connectivity index (χ3v) is 6.22. The van der Waals surface area contributed by atoms with E-state index in [0.29, 0.717) is 6.42 Å². The van der Waals surface area contributed by atoms with Crippen molar-refractivity contribution in [1.82, 2.24) is 0 Å². The van der Waals surface area contributed by atoms with E-state index in [0.717, 1.165) is 31.7 Å². The molecule has 0 amide bonds. The molecule has 2 atom stereocenters. The molecular formula is C14H19FO2S. The van der Waals surface area contributed by atoms with Gasteiger partial charge in [-0.2, -0.15) is 0 Å². The molecule has 0 aliphatic heterocycles. The van der Waals surface area contributed by atoms with Crippen LogP contribution in [0.2, 0.25) is 0 Å². The summed E-state index contributed by atoms with van der Waals surface area (Å²) in [4.78, 5) is 0.132. The molecule has 2 nitrogen and oxygen atoms in total. The molecule has 1 aliphatic rings. The Bertz CT molecular complexity index is 510. The van der Waals surface area contributed by atoms with Crippen LogP contribution in [-0.2, 0) is 9.84 Å². The predicted molar refractivity (Wildman–Crippen MR) is 69.6 cm³/mol. The average molecular weight is 270 g/mol. The lowest BCUT2D eigenvalue weighted by atomic mass is 9.87. The Kier molecular flexibility index (Phi) is 4.05. The SMILES string of the molecule is CCC1CCCCC1S(=O)(=O)c1cccc(F)c1. The Hall–Kier alpha value is -0.900. The number of sulfone groups is 1. The fourth-order valence-electron chi connectivity index (χ4n) is 2.87. The van der Waals surface area contributed by atoms with Crippen molar-refractivity contribution in [2.75, 3.05) is 0 Å². The fourth-order valence-corrected chi connectivity index (χ4v) is 5.07. The summed E-state index contributed by atoms with van der Waals surface area (Å²) in [6, 6.07) is 5.37. The highest BCUT2D eigenvalue weighted by molar-refractivity contribution is 7.92. The zero-order chi connectivity index (χ0) is 13.2. The highest BCUT2D eigenvalue weighted by Gasteiger charge is 2.35. The second kappa shape index (κ2) is 5.39. The van der Waals surface area contributed by atoms with Crippen LogP contribution in [0.3, 0.4) is 0 Å². The topological polar surface area (TPSA) is 34.1 Å². The summed E-state index contributed by atoms with van der Waals surface area (Å²) in [5, 5.41) is -0.335. The lowest BCUT2D eigenvalue weighted by Crippen LogP contribution is -2.32. The molecule has 0 saturated heterocycles. The van der Waals surface area contributed by atoms with Crippen LogP contribution in [0, 0.1) is 11.7 Å². The Morgan fingerprint density at radius 2 is 2.00 bits per heavy atom. The van der Waals surface area contributed by atoms with Gasteiger partial charge in [-0.25, -0.2) is 12.8 Å². The zero-order valence-electron chi connectivity index (χ0n) is 10.6. The van der Waals surface area contributed by atoms with E-state index in [-0.39, 0.29) is 16.1 Å². The van der Waals surface area contributed by atoms with Gasteiger partial charge in [0.05, 0.1) is 10.1 Å². The minimum Gasteiger partial charge on any atom is -0.223 e. The van der Waals surface area contributed by atoms with E-state index >= 15 is 0 Å². The first-order valence-corrected chi connectivity index (χ1v) is 8.10. The maximum atomic E-state index is 13.2. The normalized spacial score (nSPS) is 25.0. The monoisotopic (exact) mass is 270 g/mol. The van der Waals surface area contributed by atoms with Crippen LogP contribution in [-0.4, -0.2) is 13.7 Å². The zero-order valence-corrected chi connectivity index (χ0v) is 11.4. The molecule has 18 heavy (non-hydrogen) atoms. The molecule has 100 valence electrons. The highest BCUT2D eigenvalue weighted by Crippen LogP contribution is 2.34. The number of rotatable bonds is 3. The van der Waals surface area contributed by atoms with Crippen molar-refractivity contribution in [2.24, 2.45) is 5.92 Å². The van der Waals surface area contributed by atoms with Crippen LogP contribution >= 0.6 is 0 Å². The standard InChI is InChI=1S/C14H19FO2S/c1-2-11-6-3-4-9-14(11)18(16,17)13-8-5-7-12(15)10-13/h5,7-8,10-11,14H,2-4,6,9H2,1H3. The van der Waals surface area contributed by atoms with E-state index in [2.05, 4.69) is 0 Å². The van der Waals surface area contributed by atoms with E-state index < -0.39 is 15.7 Å². The maximum absolute atomic E-state index is 13.2. The molecule has 1 fully saturated rings. The first-order valence-electron chi connectivity index (χ1n) is 6.55. The third kappa shape index (κ3) is 2.58. The Labute approximate surface area is 108 Å². The summed E-state index contributed by atoms with van der Waals surface area (Å²) in [7, 11) is -3.39. The van der Waals surface area contributed by atoms with Crippen molar-refractivity contribution >= 4 is 9.84 Å². The van der Waals surface area contributed by atoms with Gasteiger partial charge < -0.3 is 0 Å². The Morgan fingerprint density at radius 3 is 2.67 bits per heavy atom. The number of hydrogen-bond donors (Lipinski definition) is 0. The van der Waals surface area contributed by atoms with Gasteiger partial charge >= 0.3 is 0 Å². The van der Waals surface area contributed by atoms with Gasteiger partial charge in [0.15, 0.2) is 9.84 Å². The van der Waals surface area contributed by atoms with Gasteiger partial charge in [0.2, 0.25) is 0 Å². The minimum absolute atomic E-state index is 0.132. The lowest BCUT2D eigenvalue weighted by Gasteiger charge is -2.30. The van der Waals surface area contributed by atoms with Crippen LogP contribution in [0.1, 0.15) is 39.0 Å². The molecule has 0 radical (unpaired) electrons. The van der Waals surface area contributed by atoms with Crippen LogP contribution in [0.4, 0.5) is 4.39 Å². The van der Waals surface area contributed by atoms with E-state index in [1.165, 1.54) is 18.2 Å². The fraction of sp³-hybridized carbons (Fsp3) is 0.571. The summed E-state index contributed by atoms with van der Waals surface area (Å²) in [5.74, 6) is -0.271. The molecule has 1 aromatic rings. The van der Waals surface area contributed by atoms with Crippen LogP contribution in [0.15, 0.2) is 29.2 Å². The Balaban J connectivity index is 2.35. The smallest absolute Gasteiger partial charge is 0.181 e. The van der Waals surface area contributed by atoms with Crippen molar-refractivity contribution in [2.45, 2.75) is 49.2 Å². The third-order valence-electron chi connectivity index (χ3n) is 3.89. The van der Waals surface area contributed by atoms with E-state index in [1.54, 1.807) is 0 Å². The minimum atomic E-state index is -3.39. The highest BCUT2D eigenvalue weighted by atomic mass is 32.2. The van der Waals surface area contributed by atoms with Crippen molar-refractivity contribution < 1.29 is 12.8 Å². The van der Waals surface area contributed by atoms with Crippen molar-refractivity contribution in [1.29, 1.82) is 0 Å². The molecule has 0 spiro atoms. The number of benzene rings is 1. The molecule has 1 aromatic carbocycles. The van der Waals surface area contributed by atoms with Gasteiger partial charge in [-0.3, -0.25) is 0 Å².